The van der Waals surface area contributed by atoms with Crippen molar-refractivity contribution in [1.29, 1.82) is 0 Å². The number of rotatable bonds is 5. The Balaban J connectivity index is 1.78. The summed E-state index contributed by atoms with van der Waals surface area (Å²) in [5.41, 5.74) is 2.87. The molecule has 0 aliphatic heterocycles. The summed E-state index contributed by atoms with van der Waals surface area (Å²) >= 11 is 6.02. The molecule has 3 rings (SSSR count). The Labute approximate surface area is 140 Å². The van der Waals surface area contributed by atoms with Crippen LogP contribution in [0.15, 0.2) is 42.5 Å². The first kappa shape index (κ1) is 15.8. The number of aryl methyl sites for hydroxylation is 1. The minimum absolute atomic E-state index is 0.487. The van der Waals surface area contributed by atoms with Gasteiger partial charge in [-0.25, -0.2) is 4.98 Å². The van der Waals surface area contributed by atoms with Gasteiger partial charge in [-0.3, -0.25) is 0 Å². The fraction of sp³-hybridized carbons (Fsp3) is 0.278. The predicted octanol–water partition coefficient (Wildman–Crippen LogP) is 4.13. The van der Waals surface area contributed by atoms with Crippen LogP contribution in [0.3, 0.4) is 0 Å². The average molecular weight is 331 g/mol. The second-order valence-corrected chi connectivity index (χ2v) is 5.95. The van der Waals surface area contributed by atoms with Crippen molar-refractivity contribution in [2.45, 2.75) is 26.5 Å². The summed E-state index contributed by atoms with van der Waals surface area (Å²) in [6.07, 6.45) is -0.625. The van der Waals surface area contributed by atoms with Crippen LogP contribution in [0.1, 0.15) is 24.4 Å². The fourth-order valence-corrected chi connectivity index (χ4v) is 2.73. The molecule has 3 aromatic rings. The second kappa shape index (κ2) is 6.60. The van der Waals surface area contributed by atoms with Crippen molar-refractivity contribution in [1.82, 2.24) is 9.55 Å². The molecule has 1 atom stereocenters. The van der Waals surface area contributed by atoms with E-state index in [9.17, 15) is 5.11 Å². The summed E-state index contributed by atoms with van der Waals surface area (Å²) < 4.78 is 7.81. The molecule has 0 fully saturated rings. The zero-order valence-corrected chi connectivity index (χ0v) is 13.9. The maximum Gasteiger partial charge on any atom is 0.138 e. The minimum atomic E-state index is -0.625. The Morgan fingerprint density at radius 2 is 2.04 bits per heavy atom. The van der Waals surface area contributed by atoms with Gasteiger partial charge in [-0.15, -0.1) is 0 Å². The highest BCUT2D eigenvalue weighted by Crippen LogP contribution is 2.22. The third-order valence-electron chi connectivity index (χ3n) is 3.77. The summed E-state index contributed by atoms with van der Waals surface area (Å²) in [5, 5.41) is 10.7. The summed E-state index contributed by atoms with van der Waals surface area (Å²) in [7, 11) is 0. The molecule has 0 amide bonds. The molecular formula is C18H19ClN2O2. The fourth-order valence-electron chi connectivity index (χ4n) is 2.61. The van der Waals surface area contributed by atoms with Crippen LogP contribution >= 0.6 is 11.6 Å². The number of hydrogen-bond donors (Lipinski definition) is 1. The van der Waals surface area contributed by atoms with Gasteiger partial charge in [0.05, 0.1) is 17.6 Å². The van der Waals surface area contributed by atoms with E-state index in [-0.39, 0.29) is 0 Å². The molecule has 2 aromatic carbocycles. The van der Waals surface area contributed by atoms with Crippen molar-refractivity contribution in [3.05, 3.63) is 58.9 Å². The van der Waals surface area contributed by atoms with Gasteiger partial charge in [0.2, 0.25) is 0 Å². The Hall–Kier alpha value is -2.04. The van der Waals surface area contributed by atoms with Crippen molar-refractivity contribution in [3.63, 3.8) is 0 Å². The quantitative estimate of drug-likeness (QED) is 0.765. The van der Waals surface area contributed by atoms with Crippen LogP contribution in [-0.2, 0) is 6.54 Å². The van der Waals surface area contributed by atoms with Crippen LogP contribution in [0.2, 0.25) is 5.02 Å². The van der Waals surface area contributed by atoms with Gasteiger partial charge in [-0.1, -0.05) is 23.7 Å². The van der Waals surface area contributed by atoms with Gasteiger partial charge in [0.25, 0.3) is 0 Å². The normalized spacial score (nSPS) is 12.5. The predicted molar refractivity (Wildman–Crippen MR) is 92.1 cm³/mol. The van der Waals surface area contributed by atoms with E-state index in [2.05, 4.69) is 4.98 Å². The molecular weight excluding hydrogens is 312 g/mol. The largest absolute Gasteiger partial charge is 0.492 e. The number of aliphatic hydroxyl groups is 1. The van der Waals surface area contributed by atoms with Crippen molar-refractivity contribution >= 4 is 22.6 Å². The SMILES string of the molecule is Cc1cc(OCCn2c(C(C)O)nc3ccccc32)ccc1Cl. The van der Waals surface area contributed by atoms with Gasteiger partial charge in [0, 0.05) is 5.02 Å². The Bertz CT molecular complexity index is 827. The molecule has 4 nitrogen and oxygen atoms in total. The molecule has 0 spiro atoms. The van der Waals surface area contributed by atoms with Crippen LogP contribution in [0, 0.1) is 6.92 Å². The number of fused-ring (bicyclic) bond motifs is 1. The number of benzene rings is 2. The highest BCUT2D eigenvalue weighted by molar-refractivity contribution is 6.31. The van der Waals surface area contributed by atoms with E-state index in [1.807, 2.05) is 54.0 Å². The van der Waals surface area contributed by atoms with Crippen LogP contribution in [0.25, 0.3) is 11.0 Å². The van der Waals surface area contributed by atoms with E-state index < -0.39 is 6.10 Å². The van der Waals surface area contributed by atoms with Gasteiger partial charge < -0.3 is 14.4 Å². The molecule has 0 saturated carbocycles. The van der Waals surface area contributed by atoms with E-state index in [4.69, 9.17) is 16.3 Å². The van der Waals surface area contributed by atoms with Gasteiger partial charge in [-0.05, 0) is 49.7 Å². The summed E-state index contributed by atoms with van der Waals surface area (Å²) in [6, 6.07) is 13.5. The molecule has 5 heteroatoms. The third-order valence-corrected chi connectivity index (χ3v) is 4.19. The number of imidazole rings is 1. The summed E-state index contributed by atoms with van der Waals surface area (Å²) in [4.78, 5) is 4.50. The third kappa shape index (κ3) is 3.33. The number of hydrogen-bond acceptors (Lipinski definition) is 3. The summed E-state index contributed by atoms with van der Waals surface area (Å²) in [5.74, 6) is 1.44. The second-order valence-electron chi connectivity index (χ2n) is 5.55. The lowest BCUT2D eigenvalue weighted by atomic mass is 10.2. The Kier molecular flexibility index (Phi) is 4.55. The zero-order chi connectivity index (χ0) is 16.4. The molecule has 120 valence electrons. The van der Waals surface area contributed by atoms with E-state index in [0.29, 0.717) is 19.0 Å². The molecule has 0 saturated heterocycles. The van der Waals surface area contributed by atoms with E-state index in [1.54, 1.807) is 6.92 Å². The standard InChI is InChI=1S/C18H19ClN2O2/c1-12-11-14(7-8-15(12)19)23-10-9-21-17-6-4-3-5-16(17)20-18(21)13(2)22/h3-8,11,13,22H,9-10H2,1-2H3. The number of halogens is 1. The lowest BCUT2D eigenvalue weighted by molar-refractivity contribution is 0.181. The average Bonchev–Trinajstić information content (AvgIpc) is 2.90. The van der Waals surface area contributed by atoms with Gasteiger partial charge in [0.15, 0.2) is 0 Å². The number of para-hydroxylation sites is 2. The van der Waals surface area contributed by atoms with Crippen molar-refractivity contribution in [2.24, 2.45) is 0 Å². The van der Waals surface area contributed by atoms with Crippen molar-refractivity contribution < 1.29 is 9.84 Å². The number of ether oxygens (including phenoxy) is 1. The Morgan fingerprint density at radius 3 is 2.78 bits per heavy atom. The molecule has 1 heterocycles. The van der Waals surface area contributed by atoms with Crippen molar-refractivity contribution in [3.8, 4) is 5.75 Å². The van der Waals surface area contributed by atoms with Gasteiger partial charge in [0.1, 0.15) is 24.3 Å². The minimum Gasteiger partial charge on any atom is -0.492 e. The van der Waals surface area contributed by atoms with E-state index in [1.165, 1.54) is 0 Å². The van der Waals surface area contributed by atoms with E-state index in [0.717, 1.165) is 27.4 Å². The molecule has 0 bridgehead atoms. The highest BCUT2D eigenvalue weighted by atomic mass is 35.5. The molecule has 1 aromatic heterocycles. The van der Waals surface area contributed by atoms with Gasteiger partial charge >= 0.3 is 0 Å². The topological polar surface area (TPSA) is 47.3 Å². The first-order chi connectivity index (χ1) is 11.1. The summed E-state index contributed by atoms with van der Waals surface area (Å²) in [6.45, 7) is 4.77. The monoisotopic (exact) mass is 330 g/mol. The maximum absolute atomic E-state index is 9.95. The molecule has 23 heavy (non-hydrogen) atoms. The molecule has 0 aliphatic carbocycles. The Morgan fingerprint density at radius 1 is 1.26 bits per heavy atom. The molecule has 0 radical (unpaired) electrons. The number of aromatic nitrogens is 2. The smallest absolute Gasteiger partial charge is 0.138 e. The van der Waals surface area contributed by atoms with E-state index >= 15 is 0 Å². The molecule has 1 N–H and O–H groups in total. The first-order valence-corrected chi connectivity index (χ1v) is 7.96. The molecule has 0 aliphatic rings. The number of nitrogens with zero attached hydrogens (tertiary/aromatic N) is 2. The van der Waals surface area contributed by atoms with Crippen LogP contribution in [-0.4, -0.2) is 21.3 Å². The zero-order valence-electron chi connectivity index (χ0n) is 13.2. The molecule has 1 unspecified atom stereocenters. The van der Waals surface area contributed by atoms with Gasteiger partial charge in [-0.2, -0.15) is 0 Å². The number of aliphatic hydroxyl groups excluding tert-OH is 1. The van der Waals surface area contributed by atoms with Crippen LogP contribution in [0.4, 0.5) is 0 Å². The van der Waals surface area contributed by atoms with Crippen LogP contribution < -0.4 is 4.74 Å². The maximum atomic E-state index is 9.95. The van der Waals surface area contributed by atoms with Crippen molar-refractivity contribution in [2.75, 3.05) is 6.61 Å². The lowest BCUT2D eigenvalue weighted by Crippen LogP contribution is -2.12. The van der Waals surface area contributed by atoms with Crippen LogP contribution in [0.5, 0.6) is 5.75 Å². The lowest BCUT2D eigenvalue weighted by Gasteiger charge is -2.12. The first-order valence-electron chi connectivity index (χ1n) is 7.58. The highest BCUT2D eigenvalue weighted by Gasteiger charge is 2.14.